The van der Waals surface area contributed by atoms with Crippen LogP contribution in [-0.2, 0) is 4.74 Å². The highest BCUT2D eigenvalue weighted by Crippen LogP contribution is 2.05. The molecule has 0 aromatic heterocycles. The van der Waals surface area contributed by atoms with E-state index in [0.717, 1.165) is 13.2 Å². The maximum Gasteiger partial charge on any atom is 0.0715 e. The van der Waals surface area contributed by atoms with Gasteiger partial charge in [-0.15, -0.1) is 0 Å². The summed E-state index contributed by atoms with van der Waals surface area (Å²) in [4.78, 5) is 0. The Morgan fingerprint density at radius 2 is 2.00 bits per heavy atom. The first-order valence-corrected chi connectivity index (χ1v) is 4.09. The lowest BCUT2D eigenvalue weighted by Crippen LogP contribution is -1.97. The molecule has 1 heteroatoms. The molecule has 0 saturated carbocycles. The largest absolute Gasteiger partial charge is 0.377 e. The van der Waals surface area contributed by atoms with Crippen molar-refractivity contribution in [2.75, 3.05) is 13.2 Å². The number of hydrogen-bond acceptors (Lipinski definition) is 1. The molecule has 0 atom stereocenters. The van der Waals surface area contributed by atoms with E-state index in [0.29, 0.717) is 0 Å². The molecule has 0 N–H and O–H groups in total. The van der Waals surface area contributed by atoms with Crippen LogP contribution < -0.4 is 0 Å². The first-order chi connectivity index (χ1) is 5.22. The van der Waals surface area contributed by atoms with Crippen molar-refractivity contribution < 1.29 is 4.74 Å². The van der Waals surface area contributed by atoms with Crippen molar-refractivity contribution in [1.29, 1.82) is 0 Å². The third kappa shape index (κ3) is 4.79. The van der Waals surface area contributed by atoms with E-state index in [9.17, 15) is 0 Å². The third-order valence-electron chi connectivity index (χ3n) is 1.47. The van der Waals surface area contributed by atoms with Crippen molar-refractivity contribution in [2.45, 2.75) is 27.7 Å². The van der Waals surface area contributed by atoms with Gasteiger partial charge in [-0.2, -0.15) is 0 Å². The van der Waals surface area contributed by atoms with Crippen LogP contribution in [0.15, 0.2) is 23.3 Å². The predicted molar refractivity (Wildman–Crippen MR) is 49.7 cm³/mol. The lowest BCUT2D eigenvalue weighted by atomic mass is 10.1. The number of hydrogen-bond donors (Lipinski definition) is 0. The van der Waals surface area contributed by atoms with Crippen molar-refractivity contribution in [1.82, 2.24) is 0 Å². The molecule has 0 aromatic rings. The van der Waals surface area contributed by atoms with Crippen LogP contribution in [0.4, 0.5) is 0 Å². The second kappa shape index (κ2) is 6.17. The lowest BCUT2D eigenvalue weighted by Gasteiger charge is -2.04. The van der Waals surface area contributed by atoms with Crippen molar-refractivity contribution in [3.8, 4) is 0 Å². The topological polar surface area (TPSA) is 9.23 Å². The van der Waals surface area contributed by atoms with Gasteiger partial charge in [0.2, 0.25) is 0 Å². The Morgan fingerprint density at radius 3 is 2.36 bits per heavy atom. The zero-order chi connectivity index (χ0) is 8.69. The van der Waals surface area contributed by atoms with Gasteiger partial charge in [0, 0.05) is 6.61 Å². The minimum atomic E-state index is 0.739. The van der Waals surface area contributed by atoms with E-state index < -0.39 is 0 Å². The molecule has 0 heterocycles. The monoisotopic (exact) mass is 154 g/mol. The van der Waals surface area contributed by atoms with Crippen molar-refractivity contribution in [3.05, 3.63) is 23.3 Å². The predicted octanol–water partition coefficient (Wildman–Crippen LogP) is 2.94. The van der Waals surface area contributed by atoms with Crippen molar-refractivity contribution >= 4 is 0 Å². The maximum atomic E-state index is 5.30. The highest BCUT2D eigenvalue weighted by Gasteiger charge is 1.93. The summed E-state index contributed by atoms with van der Waals surface area (Å²) in [5.74, 6) is 0. The SMILES string of the molecule is C/C=C\C(COCC)=C(C)C. The Morgan fingerprint density at radius 1 is 1.36 bits per heavy atom. The first-order valence-electron chi connectivity index (χ1n) is 4.09. The minimum Gasteiger partial charge on any atom is -0.377 e. The Hall–Kier alpha value is -0.560. The molecule has 0 bridgehead atoms. The standard InChI is InChI=1S/C10H18O/c1-5-7-10(9(3)4)8-11-6-2/h5,7H,6,8H2,1-4H3/b7-5-. The van der Waals surface area contributed by atoms with E-state index >= 15 is 0 Å². The molecule has 0 spiro atoms. The van der Waals surface area contributed by atoms with Crippen LogP contribution in [0.2, 0.25) is 0 Å². The van der Waals surface area contributed by atoms with Gasteiger partial charge in [-0.1, -0.05) is 17.7 Å². The van der Waals surface area contributed by atoms with E-state index in [1.54, 1.807) is 0 Å². The molecule has 1 nitrogen and oxygen atoms in total. The Balaban J connectivity index is 4.02. The number of ether oxygens (including phenoxy) is 1. The molecule has 0 aliphatic carbocycles. The molecule has 0 saturated heterocycles. The van der Waals surface area contributed by atoms with Crippen LogP contribution in [-0.4, -0.2) is 13.2 Å². The van der Waals surface area contributed by atoms with Gasteiger partial charge >= 0.3 is 0 Å². The van der Waals surface area contributed by atoms with Gasteiger partial charge in [-0.05, 0) is 33.3 Å². The smallest absolute Gasteiger partial charge is 0.0715 e. The Labute approximate surface area is 69.8 Å². The van der Waals surface area contributed by atoms with Crippen molar-refractivity contribution in [3.63, 3.8) is 0 Å². The van der Waals surface area contributed by atoms with Crippen LogP contribution in [0.25, 0.3) is 0 Å². The molecular formula is C10H18O. The quantitative estimate of drug-likeness (QED) is 0.566. The Bertz CT molecular complexity index is 150. The van der Waals surface area contributed by atoms with Gasteiger partial charge in [0.15, 0.2) is 0 Å². The second-order valence-electron chi connectivity index (χ2n) is 2.66. The molecule has 0 amide bonds. The fourth-order valence-electron chi connectivity index (χ4n) is 0.772. The molecule has 0 radical (unpaired) electrons. The maximum absolute atomic E-state index is 5.30. The molecule has 0 fully saturated rings. The summed E-state index contributed by atoms with van der Waals surface area (Å²) < 4.78 is 5.30. The average Bonchev–Trinajstić information content (AvgIpc) is 1.97. The van der Waals surface area contributed by atoms with Gasteiger partial charge in [0.05, 0.1) is 6.61 Å². The van der Waals surface area contributed by atoms with Gasteiger partial charge in [-0.3, -0.25) is 0 Å². The van der Waals surface area contributed by atoms with Crippen LogP contribution in [0.1, 0.15) is 27.7 Å². The van der Waals surface area contributed by atoms with Gasteiger partial charge in [0.25, 0.3) is 0 Å². The summed E-state index contributed by atoms with van der Waals surface area (Å²) in [6.07, 6.45) is 4.15. The van der Waals surface area contributed by atoms with Crippen LogP contribution in [0.3, 0.4) is 0 Å². The first kappa shape index (κ1) is 10.4. The van der Waals surface area contributed by atoms with Crippen molar-refractivity contribution in [2.24, 2.45) is 0 Å². The summed E-state index contributed by atoms with van der Waals surface area (Å²) in [7, 11) is 0. The van der Waals surface area contributed by atoms with E-state index in [4.69, 9.17) is 4.74 Å². The molecule has 64 valence electrons. The number of allylic oxidation sites excluding steroid dienone is 2. The Kier molecular flexibility index (Phi) is 5.86. The van der Waals surface area contributed by atoms with Gasteiger partial charge in [-0.25, -0.2) is 0 Å². The average molecular weight is 154 g/mol. The van der Waals surface area contributed by atoms with E-state index in [1.165, 1.54) is 11.1 Å². The summed E-state index contributed by atoms with van der Waals surface area (Å²) >= 11 is 0. The molecule has 0 aromatic carbocycles. The van der Waals surface area contributed by atoms with E-state index in [-0.39, 0.29) is 0 Å². The molecular weight excluding hydrogens is 136 g/mol. The zero-order valence-electron chi connectivity index (χ0n) is 7.98. The number of rotatable bonds is 4. The fourth-order valence-corrected chi connectivity index (χ4v) is 0.772. The van der Waals surface area contributed by atoms with E-state index in [2.05, 4.69) is 19.9 Å². The lowest BCUT2D eigenvalue weighted by molar-refractivity contribution is 0.172. The highest BCUT2D eigenvalue weighted by molar-refractivity contribution is 5.23. The van der Waals surface area contributed by atoms with Crippen LogP contribution >= 0.6 is 0 Å². The minimum absolute atomic E-state index is 0.739. The third-order valence-corrected chi connectivity index (χ3v) is 1.47. The van der Waals surface area contributed by atoms with Crippen LogP contribution in [0, 0.1) is 0 Å². The molecule has 0 aliphatic heterocycles. The molecule has 0 rings (SSSR count). The van der Waals surface area contributed by atoms with Crippen LogP contribution in [0.5, 0.6) is 0 Å². The van der Waals surface area contributed by atoms with E-state index in [1.807, 2.05) is 19.9 Å². The second-order valence-corrected chi connectivity index (χ2v) is 2.66. The zero-order valence-corrected chi connectivity index (χ0v) is 7.98. The van der Waals surface area contributed by atoms with Gasteiger partial charge in [0.1, 0.15) is 0 Å². The summed E-state index contributed by atoms with van der Waals surface area (Å²) in [5.41, 5.74) is 2.62. The normalized spacial score (nSPS) is 10.5. The summed E-state index contributed by atoms with van der Waals surface area (Å²) in [6, 6.07) is 0. The molecule has 0 unspecified atom stereocenters. The van der Waals surface area contributed by atoms with Gasteiger partial charge < -0.3 is 4.74 Å². The summed E-state index contributed by atoms with van der Waals surface area (Å²) in [6.45, 7) is 9.77. The summed E-state index contributed by atoms with van der Waals surface area (Å²) in [5, 5.41) is 0. The molecule has 11 heavy (non-hydrogen) atoms. The highest BCUT2D eigenvalue weighted by atomic mass is 16.5. The fraction of sp³-hybridized carbons (Fsp3) is 0.600. The molecule has 0 aliphatic rings.